The van der Waals surface area contributed by atoms with Crippen molar-refractivity contribution >= 4 is 23.5 Å². The van der Waals surface area contributed by atoms with Gasteiger partial charge in [0.05, 0.1) is 6.54 Å². The summed E-state index contributed by atoms with van der Waals surface area (Å²) in [5.74, 6) is -0.107. The van der Waals surface area contributed by atoms with Gasteiger partial charge in [0.1, 0.15) is 12.1 Å². The molecule has 4 amide bonds. The summed E-state index contributed by atoms with van der Waals surface area (Å²) < 4.78 is 0. The van der Waals surface area contributed by atoms with E-state index >= 15 is 0 Å². The standard InChI is InChI=1S/C22H33N5O3/c1-5-26(14-17-6-8-18(9-7-17)25(3)4)15-19(28)24-27-20(29)22(23-21(27)30)12-10-16(2)11-13-22/h6-9,16H,5,10-15H2,1-4H3,(H,23,30)(H,24,28)/p+1. The minimum atomic E-state index is -0.845. The number of amides is 4. The van der Waals surface area contributed by atoms with E-state index in [1.807, 2.05) is 25.9 Å². The van der Waals surface area contributed by atoms with Gasteiger partial charge in [0.15, 0.2) is 6.54 Å². The first kappa shape index (κ1) is 22.1. The molecule has 3 rings (SSSR count). The topological polar surface area (TPSA) is 86.2 Å². The van der Waals surface area contributed by atoms with Crippen LogP contribution in [0.3, 0.4) is 0 Å². The van der Waals surface area contributed by atoms with E-state index in [4.69, 9.17) is 0 Å². The number of benzene rings is 1. The first-order valence-corrected chi connectivity index (χ1v) is 10.8. The summed E-state index contributed by atoms with van der Waals surface area (Å²) in [6.07, 6.45) is 3.04. The molecule has 1 saturated carbocycles. The molecular weight excluding hydrogens is 382 g/mol. The Balaban J connectivity index is 1.57. The van der Waals surface area contributed by atoms with Crippen molar-refractivity contribution in [3.8, 4) is 0 Å². The Morgan fingerprint density at radius 2 is 1.87 bits per heavy atom. The maximum atomic E-state index is 12.9. The fourth-order valence-electron chi connectivity index (χ4n) is 4.22. The summed E-state index contributed by atoms with van der Waals surface area (Å²) in [6, 6.07) is 7.71. The smallest absolute Gasteiger partial charge is 0.344 e. The van der Waals surface area contributed by atoms with E-state index in [1.165, 1.54) is 0 Å². The number of carbonyl (C=O) groups excluding carboxylic acids is 3. The maximum absolute atomic E-state index is 12.9. The highest BCUT2D eigenvalue weighted by Gasteiger charge is 2.53. The van der Waals surface area contributed by atoms with Crippen LogP contribution < -0.4 is 20.5 Å². The van der Waals surface area contributed by atoms with E-state index in [0.717, 1.165) is 40.5 Å². The van der Waals surface area contributed by atoms with Crippen LogP contribution in [0.2, 0.25) is 0 Å². The molecule has 1 aromatic rings. The molecule has 1 aliphatic heterocycles. The Labute approximate surface area is 178 Å². The molecule has 1 saturated heterocycles. The summed E-state index contributed by atoms with van der Waals surface area (Å²) in [5, 5.41) is 3.71. The molecular formula is C22H34N5O3+. The lowest BCUT2D eigenvalue weighted by atomic mass is 9.77. The van der Waals surface area contributed by atoms with Crippen molar-refractivity contribution in [3.63, 3.8) is 0 Å². The molecule has 0 bridgehead atoms. The van der Waals surface area contributed by atoms with Gasteiger partial charge in [-0.3, -0.25) is 15.0 Å². The van der Waals surface area contributed by atoms with E-state index in [1.54, 1.807) is 0 Å². The SMILES string of the molecule is CC[NH+](CC(=O)NN1C(=O)NC2(CCC(C)CC2)C1=O)Cc1ccc(N(C)C)cc1. The Morgan fingerprint density at radius 1 is 1.23 bits per heavy atom. The van der Waals surface area contributed by atoms with Gasteiger partial charge in [-0.25, -0.2) is 4.79 Å². The minimum Gasteiger partial charge on any atom is -0.378 e. The summed E-state index contributed by atoms with van der Waals surface area (Å²) in [7, 11) is 3.99. The number of imide groups is 1. The molecule has 1 heterocycles. The highest BCUT2D eigenvalue weighted by atomic mass is 16.2. The second-order valence-electron chi connectivity index (χ2n) is 8.89. The Kier molecular flexibility index (Phi) is 6.65. The number of anilines is 1. The van der Waals surface area contributed by atoms with Gasteiger partial charge in [-0.05, 0) is 50.7 Å². The van der Waals surface area contributed by atoms with Crippen LogP contribution in [0.1, 0.15) is 45.1 Å². The zero-order chi connectivity index (χ0) is 21.9. The maximum Gasteiger partial charge on any atom is 0.344 e. The summed E-state index contributed by atoms with van der Waals surface area (Å²) in [4.78, 5) is 41.0. The van der Waals surface area contributed by atoms with Crippen LogP contribution in [0.5, 0.6) is 0 Å². The van der Waals surface area contributed by atoms with Crippen molar-refractivity contribution in [2.45, 2.75) is 51.6 Å². The monoisotopic (exact) mass is 416 g/mol. The van der Waals surface area contributed by atoms with Crippen molar-refractivity contribution in [3.05, 3.63) is 29.8 Å². The van der Waals surface area contributed by atoms with Crippen LogP contribution in [-0.2, 0) is 16.1 Å². The van der Waals surface area contributed by atoms with Crippen molar-refractivity contribution in [2.24, 2.45) is 5.92 Å². The van der Waals surface area contributed by atoms with Gasteiger partial charge in [0.25, 0.3) is 11.8 Å². The first-order valence-electron chi connectivity index (χ1n) is 10.8. The molecule has 1 aromatic carbocycles. The number of carbonyl (C=O) groups is 3. The Hall–Kier alpha value is -2.61. The number of hydrogen-bond donors (Lipinski definition) is 3. The lowest BCUT2D eigenvalue weighted by Gasteiger charge is -2.33. The molecule has 1 aliphatic carbocycles. The molecule has 8 nitrogen and oxygen atoms in total. The zero-order valence-corrected chi connectivity index (χ0v) is 18.5. The Bertz CT molecular complexity index is 784. The third kappa shape index (κ3) is 4.75. The van der Waals surface area contributed by atoms with E-state index in [0.29, 0.717) is 25.3 Å². The van der Waals surface area contributed by atoms with Crippen LogP contribution >= 0.6 is 0 Å². The van der Waals surface area contributed by atoms with Crippen LogP contribution in [0, 0.1) is 5.92 Å². The van der Waals surface area contributed by atoms with Crippen molar-refractivity contribution < 1.29 is 19.3 Å². The van der Waals surface area contributed by atoms with Crippen LogP contribution in [0.25, 0.3) is 0 Å². The van der Waals surface area contributed by atoms with Crippen LogP contribution in [0.15, 0.2) is 24.3 Å². The lowest BCUT2D eigenvalue weighted by Crippen LogP contribution is -3.11. The number of nitrogens with zero attached hydrogens (tertiary/aromatic N) is 2. The van der Waals surface area contributed by atoms with Crippen LogP contribution in [0.4, 0.5) is 10.5 Å². The summed E-state index contributed by atoms with van der Waals surface area (Å²) in [6.45, 7) is 5.81. The average molecular weight is 417 g/mol. The Morgan fingerprint density at radius 3 is 2.43 bits per heavy atom. The second kappa shape index (κ2) is 9.04. The zero-order valence-electron chi connectivity index (χ0n) is 18.5. The largest absolute Gasteiger partial charge is 0.378 e. The number of likely N-dealkylation sites (N-methyl/N-ethyl adjacent to an activating group) is 1. The lowest BCUT2D eigenvalue weighted by molar-refractivity contribution is -0.904. The summed E-state index contributed by atoms with van der Waals surface area (Å²) >= 11 is 0. The predicted molar refractivity (Wildman–Crippen MR) is 115 cm³/mol. The van der Waals surface area contributed by atoms with Crippen molar-refractivity contribution in [1.29, 1.82) is 0 Å². The van der Waals surface area contributed by atoms with Crippen molar-refractivity contribution in [2.75, 3.05) is 32.1 Å². The van der Waals surface area contributed by atoms with E-state index in [2.05, 4.69) is 41.9 Å². The van der Waals surface area contributed by atoms with Gasteiger partial charge in [-0.2, -0.15) is 5.01 Å². The van der Waals surface area contributed by atoms with Crippen molar-refractivity contribution in [1.82, 2.24) is 15.8 Å². The number of urea groups is 1. The van der Waals surface area contributed by atoms with Gasteiger partial charge in [0.2, 0.25) is 0 Å². The van der Waals surface area contributed by atoms with Gasteiger partial charge in [-0.15, -0.1) is 0 Å². The third-order valence-electron chi connectivity index (χ3n) is 6.34. The average Bonchev–Trinajstić information content (AvgIpc) is 2.94. The highest BCUT2D eigenvalue weighted by Crippen LogP contribution is 2.35. The molecule has 0 aromatic heterocycles. The first-order chi connectivity index (χ1) is 14.2. The molecule has 1 unspecified atom stereocenters. The van der Waals surface area contributed by atoms with Gasteiger partial charge >= 0.3 is 6.03 Å². The number of nitrogens with one attached hydrogen (secondary N) is 3. The fraction of sp³-hybridized carbons (Fsp3) is 0.591. The highest BCUT2D eigenvalue weighted by molar-refractivity contribution is 6.08. The summed E-state index contributed by atoms with van der Waals surface area (Å²) in [5.41, 5.74) is 3.96. The van der Waals surface area contributed by atoms with E-state index in [-0.39, 0.29) is 18.4 Å². The van der Waals surface area contributed by atoms with E-state index in [9.17, 15) is 14.4 Å². The quantitative estimate of drug-likeness (QED) is 0.571. The molecule has 164 valence electrons. The van der Waals surface area contributed by atoms with Crippen LogP contribution in [-0.4, -0.2) is 55.6 Å². The predicted octanol–water partition coefficient (Wildman–Crippen LogP) is 0.689. The molecule has 1 spiro atoms. The molecule has 30 heavy (non-hydrogen) atoms. The van der Waals surface area contributed by atoms with Gasteiger partial charge in [0, 0.05) is 25.3 Å². The second-order valence-corrected chi connectivity index (χ2v) is 8.89. The molecule has 2 aliphatic rings. The van der Waals surface area contributed by atoms with Gasteiger partial charge < -0.3 is 15.1 Å². The molecule has 8 heteroatoms. The molecule has 2 fully saturated rings. The molecule has 0 radical (unpaired) electrons. The normalized spacial score (nSPS) is 24.7. The minimum absolute atomic E-state index is 0.188. The van der Waals surface area contributed by atoms with Gasteiger partial charge in [-0.1, -0.05) is 19.1 Å². The molecule has 3 N–H and O–H groups in total. The number of hydrazine groups is 1. The van der Waals surface area contributed by atoms with E-state index < -0.39 is 11.6 Å². The fourth-order valence-corrected chi connectivity index (χ4v) is 4.22. The number of hydrogen-bond acceptors (Lipinski definition) is 4. The number of rotatable bonds is 7. The third-order valence-corrected chi connectivity index (χ3v) is 6.34. The molecule has 1 atom stereocenters. The number of quaternary nitrogens is 1.